The number of nitrogens with zero attached hydrogens (tertiary/aromatic N) is 1. The van der Waals surface area contributed by atoms with Crippen LogP contribution in [0.2, 0.25) is 0 Å². The van der Waals surface area contributed by atoms with Gasteiger partial charge in [0.2, 0.25) is 0 Å². The molecule has 0 amide bonds. The third-order valence-electron chi connectivity index (χ3n) is 3.94. The van der Waals surface area contributed by atoms with E-state index in [4.69, 9.17) is 0 Å². The molecule has 0 aromatic heterocycles. The van der Waals surface area contributed by atoms with Gasteiger partial charge in [0.05, 0.1) is 11.3 Å². The number of hydrogen-bond acceptors (Lipinski definition) is 2. The molecule has 1 aromatic carbocycles. The largest absolute Gasteiger partial charge is 0.478 e. The van der Waals surface area contributed by atoms with Crippen molar-refractivity contribution >= 4 is 27.6 Å². The molecule has 2 rings (SSSR count). The van der Waals surface area contributed by atoms with Crippen molar-refractivity contribution in [2.45, 2.75) is 44.6 Å². The minimum atomic E-state index is -0.858. The fourth-order valence-corrected chi connectivity index (χ4v) is 3.17. The van der Waals surface area contributed by atoms with Crippen molar-refractivity contribution in [3.63, 3.8) is 0 Å². The Bertz CT molecular complexity index is 453. The van der Waals surface area contributed by atoms with Gasteiger partial charge in [0.25, 0.3) is 0 Å². The van der Waals surface area contributed by atoms with Gasteiger partial charge in [-0.2, -0.15) is 0 Å². The van der Waals surface area contributed by atoms with Crippen LogP contribution in [0.1, 0.15) is 48.9 Å². The predicted molar refractivity (Wildman–Crippen MR) is 81.0 cm³/mol. The van der Waals surface area contributed by atoms with Crippen LogP contribution in [0.4, 0.5) is 5.69 Å². The second kappa shape index (κ2) is 6.42. The number of carboxylic acids is 1. The molecule has 0 unspecified atom stereocenters. The van der Waals surface area contributed by atoms with Crippen molar-refractivity contribution in [2.75, 3.05) is 11.9 Å². The van der Waals surface area contributed by atoms with E-state index in [1.807, 2.05) is 13.1 Å². The van der Waals surface area contributed by atoms with Crippen LogP contribution < -0.4 is 4.90 Å². The lowest BCUT2D eigenvalue weighted by Gasteiger charge is -2.30. The number of halogens is 1. The molecule has 3 nitrogen and oxygen atoms in total. The van der Waals surface area contributed by atoms with Crippen molar-refractivity contribution in [3.8, 4) is 0 Å². The van der Waals surface area contributed by atoms with Gasteiger partial charge >= 0.3 is 5.97 Å². The Labute approximate surface area is 122 Å². The average Bonchev–Trinajstić information content (AvgIpc) is 2.66. The lowest BCUT2D eigenvalue weighted by atomic mass is 10.0. The summed E-state index contributed by atoms with van der Waals surface area (Å²) in [7, 11) is 2.02. The molecule has 1 aromatic rings. The highest BCUT2D eigenvalue weighted by atomic mass is 79.9. The minimum absolute atomic E-state index is 0.384. The summed E-state index contributed by atoms with van der Waals surface area (Å²) in [5.74, 6) is -0.858. The lowest BCUT2D eigenvalue weighted by Crippen LogP contribution is -2.32. The smallest absolute Gasteiger partial charge is 0.337 e. The highest BCUT2D eigenvalue weighted by molar-refractivity contribution is 9.10. The number of aromatic carboxylic acids is 1. The summed E-state index contributed by atoms with van der Waals surface area (Å²) in [4.78, 5) is 13.5. The topological polar surface area (TPSA) is 40.5 Å². The van der Waals surface area contributed by atoms with Gasteiger partial charge in [-0.05, 0) is 31.0 Å². The van der Waals surface area contributed by atoms with E-state index in [0.717, 1.165) is 23.0 Å². The Morgan fingerprint density at radius 3 is 2.47 bits per heavy atom. The Kier molecular flexibility index (Phi) is 4.86. The summed E-state index contributed by atoms with van der Waals surface area (Å²) in [5.41, 5.74) is 1.20. The SMILES string of the molecule is CN(c1cc(Br)ccc1C(=O)O)C1CCCCCC1. The first kappa shape index (κ1) is 14.4. The number of benzene rings is 1. The quantitative estimate of drug-likeness (QED) is 0.842. The molecule has 1 fully saturated rings. The molecular formula is C15H20BrNO2. The third-order valence-corrected chi connectivity index (χ3v) is 4.44. The number of hydrogen-bond donors (Lipinski definition) is 1. The molecule has 1 saturated carbocycles. The Balaban J connectivity index is 2.28. The molecular weight excluding hydrogens is 306 g/mol. The summed E-state index contributed by atoms with van der Waals surface area (Å²) < 4.78 is 0.924. The van der Waals surface area contributed by atoms with E-state index in [1.54, 1.807) is 12.1 Å². The summed E-state index contributed by atoms with van der Waals surface area (Å²) >= 11 is 3.43. The average molecular weight is 326 g/mol. The summed E-state index contributed by atoms with van der Waals surface area (Å²) in [6.45, 7) is 0. The monoisotopic (exact) mass is 325 g/mol. The molecule has 0 aliphatic heterocycles. The van der Waals surface area contributed by atoms with Gasteiger partial charge in [-0.3, -0.25) is 0 Å². The lowest BCUT2D eigenvalue weighted by molar-refractivity contribution is 0.0697. The number of anilines is 1. The zero-order valence-electron chi connectivity index (χ0n) is 11.2. The van der Waals surface area contributed by atoms with Crippen molar-refractivity contribution < 1.29 is 9.90 Å². The third kappa shape index (κ3) is 3.50. The zero-order chi connectivity index (χ0) is 13.8. The van der Waals surface area contributed by atoms with Crippen LogP contribution in [0, 0.1) is 0 Å². The van der Waals surface area contributed by atoms with Crippen molar-refractivity contribution in [2.24, 2.45) is 0 Å². The van der Waals surface area contributed by atoms with Crippen molar-refractivity contribution in [3.05, 3.63) is 28.2 Å². The van der Waals surface area contributed by atoms with E-state index in [0.29, 0.717) is 11.6 Å². The Morgan fingerprint density at radius 1 is 1.26 bits per heavy atom. The first-order valence-electron chi connectivity index (χ1n) is 6.85. The van der Waals surface area contributed by atoms with Crippen LogP contribution in [-0.2, 0) is 0 Å². The maximum absolute atomic E-state index is 11.3. The van der Waals surface area contributed by atoms with E-state index in [9.17, 15) is 9.90 Å². The summed E-state index contributed by atoms with van der Waals surface area (Å²) in [6, 6.07) is 5.83. The second-order valence-corrected chi connectivity index (χ2v) is 6.14. The van der Waals surface area contributed by atoms with E-state index < -0.39 is 5.97 Å². The highest BCUT2D eigenvalue weighted by Gasteiger charge is 2.21. The minimum Gasteiger partial charge on any atom is -0.478 e. The van der Waals surface area contributed by atoms with Crippen LogP contribution in [-0.4, -0.2) is 24.2 Å². The standard InChI is InChI=1S/C15H20BrNO2/c1-17(12-6-4-2-3-5-7-12)14-10-11(16)8-9-13(14)15(18)19/h8-10,12H,2-7H2,1H3,(H,18,19). The molecule has 0 saturated heterocycles. The van der Waals surface area contributed by atoms with E-state index in [-0.39, 0.29) is 0 Å². The second-order valence-electron chi connectivity index (χ2n) is 5.22. The molecule has 0 bridgehead atoms. The van der Waals surface area contributed by atoms with Crippen LogP contribution in [0.3, 0.4) is 0 Å². The maximum Gasteiger partial charge on any atom is 0.337 e. The first-order valence-corrected chi connectivity index (χ1v) is 7.64. The van der Waals surface area contributed by atoms with Gasteiger partial charge in [-0.15, -0.1) is 0 Å². The summed E-state index contributed by atoms with van der Waals surface area (Å²) in [5, 5.41) is 9.32. The Hall–Kier alpha value is -1.03. The van der Waals surface area contributed by atoms with E-state index >= 15 is 0 Å². The predicted octanol–water partition coefficient (Wildman–Crippen LogP) is 4.31. The van der Waals surface area contributed by atoms with Gasteiger partial charge in [-0.25, -0.2) is 4.79 Å². The Morgan fingerprint density at radius 2 is 1.89 bits per heavy atom. The van der Waals surface area contributed by atoms with Gasteiger partial charge in [0.15, 0.2) is 0 Å². The normalized spacial score (nSPS) is 16.9. The molecule has 1 aliphatic carbocycles. The maximum atomic E-state index is 11.3. The molecule has 104 valence electrons. The number of rotatable bonds is 3. The van der Waals surface area contributed by atoms with Gasteiger partial charge < -0.3 is 10.0 Å². The molecule has 19 heavy (non-hydrogen) atoms. The van der Waals surface area contributed by atoms with Crippen molar-refractivity contribution in [1.82, 2.24) is 0 Å². The zero-order valence-corrected chi connectivity index (χ0v) is 12.8. The van der Waals surface area contributed by atoms with Crippen molar-refractivity contribution in [1.29, 1.82) is 0 Å². The number of carbonyl (C=O) groups is 1. The van der Waals surface area contributed by atoms with Crippen LogP contribution in [0.15, 0.2) is 22.7 Å². The fraction of sp³-hybridized carbons (Fsp3) is 0.533. The molecule has 0 heterocycles. The molecule has 0 spiro atoms. The van der Waals surface area contributed by atoms with Gasteiger partial charge in [0.1, 0.15) is 0 Å². The van der Waals surface area contributed by atoms with Crippen LogP contribution >= 0.6 is 15.9 Å². The number of carboxylic acid groups (broad SMARTS) is 1. The molecule has 1 N–H and O–H groups in total. The van der Waals surface area contributed by atoms with E-state index in [2.05, 4.69) is 20.8 Å². The van der Waals surface area contributed by atoms with Crippen LogP contribution in [0.5, 0.6) is 0 Å². The fourth-order valence-electron chi connectivity index (χ4n) is 2.82. The van der Waals surface area contributed by atoms with Crippen LogP contribution in [0.25, 0.3) is 0 Å². The molecule has 4 heteroatoms. The first-order chi connectivity index (χ1) is 9.09. The van der Waals surface area contributed by atoms with Gasteiger partial charge in [0, 0.05) is 17.6 Å². The molecule has 0 atom stereocenters. The van der Waals surface area contributed by atoms with E-state index in [1.165, 1.54) is 25.7 Å². The molecule has 1 aliphatic rings. The highest BCUT2D eigenvalue weighted by Crippen LogP contribution is 2.30. The molecule has 0 radical (unpaired) electrons. The summed E-state index contributed by atoms with van der Waals surface area (Å²) in [6.07, 6.45) is 7.39. The van der Waals surface area contributed by atoms with Gasteiger partial charge in [-0.1, -0.05) is 41.6 Å².